The number of alkyl carbamates (subject to hydrolysis) is 1. The Labute approximate surface area is 144 Å². The van der Waals surface area contributed by atoms with Crippen LogP contribution in [0.1, 0.15) is 64.3 Å². The molecule has 1 amide bonds. The molecule has 1 aromatic heterocycles. The average Bonchev–Trinajstić information content (AvgIpc) is 3.13. The van der Waals surface area contributed by atoms with Gasteiger partial charge in [-0.1, -0.05) is 18.9 Å². The highest BCUT2D eigenvalue weighted by atomic mass is 32.1. The summed E-state index contributed by atoms with van der Waals surface area (Å²) in [6, 6.07) is 4.85. The van der Waals surface area contributed by atoms with E-state index in [-0.39, 0.29) is 6.09 Å². The van der Waals surface area contributed by atoms with E-state index in [1.165, 1.54) is 30.6 Å². The minimum absolute atomic E-state index is 0.294. The number of hydrogen-bond donors (Lipinski definition) is 2. The van der Waals surface area contributed by atoms with Gasteiger partial charge in [0.2, 0.25) is 0 Å². The molecule has 1 saturated carbocycles. The lowest BCUT2D eigenvalue weighted by atomic mass is 9.97. The number of ether oxygens (including phenoxy) is 1. The number of thiophene rings is 1. The third-order valence-corrected chi connectivity index (χ3v) is 5.32. The Morgan fingerprint density at radius 2 is 2.09 bits per heavy atom. The molecule has 23 heavy (non-hydrogen) atoms. The Morgan fingerprint density at radius 1 is 1.39 bits per heavy atom. The van der Waals surface area contributed by atoms with Gasteiger partial charge in [0, 0.05) is 23.5 Å². The minimum atomic E-state index is -0.454. The Kier molecular flexibility index (Phi) is 6.48. The lowest BCUT2D eigenvalue weighted by molar-refractivity contribution is 0.0517. The smallest absolute Gasteiger partial charge is 0.407 e. The van der Waals surface area contributed by atoms with Gasteiger partial charge in [-0.05, 0) is 57.9 Å². The SMILES string of the molecule is CC(NC(CNC(=O)OC(C)(C)C)C1CCCC1)c1cccs1. The van der Waals surface area contributed by atoms with Crippen molar-refractivity contribution in [3.63, 3.8) is 0 Å². The Morgan fingerprint density at radius 3 is 2.65 bits per heavy atom. The van der Waals surface area contributed by atoms with Crippen molar-refractivity contribution in [1.29, 1.82) is 0 Å². The molecule has 1 aromatic rings. The van der Waals surface area contributed by atoms with Gasteiger partial charge in [-0.3, -0.25) is 0 Å². The maximum Gasteiger partial charge on any atom is 0.407 e. The monoisotopic (exact) mass is 338 g/mol. The molecule has 1 heterocycles. The summed E-state index contributed by atoms with van der Waals surface area (Å²) in [6.07, 6.45) is 4.74. The van der Waals surface area contributed by atoms with E-state index in [0.717, 1.165) is 0 Å². The maximum absolute atomic E-state index is 11.9. The Balaban J connectivity index is 1.90. The summed E-state index contributed by atoms with van der Waals surface area (Å²) >= 11 is 1.77. The highest BCUT2D eigenvalue weighted by Crippen LogP contribution is 2.29. The zero-order chi connectivity index (χ0) is 16.9. The Bertz CT molecular complexity index is 476. The number of amides is 1. The van der Waals surface area contributed by atoms with Crippen LogP contribution in [0.4, 0.5) is 4.79 Å². The number of rotatable bonds is 6. The molecule has 2 rings (SSSR count). The van der Waals surface area contributed by atoms with Gasteiger partial charge >= 0.3 is 6.09 Å². The third kappa shape index (κ3) is 6.15. The van der Waals surface area contributed by atoms with Gasteiger partial charge in [-0.15, -0.1) is 11.3 Å². The highest BCUT2D eigenvalue weighted by molar-refractivity contribution is 7.10. The van der Waals surface area contributed by atoms with Crippen LogP contribution in [0.3, 0.4) is 0 Å². The van der Waals surface area contributed by atoms with Gasteiger partial charge in [0.05, 0.1) is 0 Å². The van der Waals surface area contributed by atoms with Crippen LogP contribution in [0.5, 0.6) is 0 Å². The van der Waals surface area contributed by atoms with Crippen LogP contribution < -0.4 is 10.6 Å². The third-order valence-electron chi connectivity index (χ3n) is 4.27. The molecule has 1 aliphatic rings. The van der Waals surface area contributed by atoms with E-state index < -0.39 is 5.60 Å². The molecule has 0 radical (unpaired) electrons. The summed E-state index contributed by atoms with van der Waals surface area (Å²) in [5.41, 5.74) is -0.454. The molecular weight excluding hydrogens is 308 g/mol. The van der Waals surface area contributed by atoms with Crippen LogP contribution in [-0.4, -0.2) is 24.3 Å². The van der Waals surface area contributed by atoms with Crippen molar-refractivity contribution in [2.24, 2.45) is 5.92 Å². The fourth-order valence-electron chi connectivity index (χ4n) is 3.17. The van der Waals surface area contributed by atoms with E-state index in [0.29, 0.717) is 24.5 Å². The molecule has 0 aromatic carbocycles. The first kappa shape index (κ1) is 18.3. The molecule has 5 heteroatoms. The average molecular weight is 339 g/mol. The molecule has 1 aliphatic carbocycles. The second-order valence-corrected chi connectivity index (χ2v) is 8.42. The number of carbonyl (C=O) groups excluding carboxylic acids is 1. The first-order valence-corrected chi connectivity index (χ1v) is 9.49. The molecule has 0 saturated heterocycles. The summed E-state index contributed by atoms with van der Waals surface area (Å²) in [5, 5.41) is 8.77. The van der Waals surface area contributed by atoms with Crippen LogP contribution >= 0.6 is 11.3 Å². The maximum atomic E-state index is 11.9. The van der Waals surface area contributed by atoms with Gasteiger partial charge in [0.25, 0.3) is 0 Å². The van der Waals surface area contributed by atoms with Crippen molar-refractivity contribution in [3.05, 3.63) is 22.4 Å². The molecule has 0 spiro atoms. The van der Waals surface area contributed by atoms with Crippen LogP contribution in [0.25, 0.3) is 0 Å². The normalized spacial score (nSPS) is 18.6. The molecule has 0 aliphatic heterocycles. The van der Waals surface area contributed by atoms with Gasteiger partial charge in [-0.25, -0.2) is 4.79 Å². The largest absolute Gasteiger partial charge is 0.444 e. The fourth-order valence-corrected chi connectivity index (χ4v) is 3.91. The zero-order valence-corrected chi connectivity index (χ0v) is 15.5. The second-order valence-electron chi connectivity index (χ2n) is 7.44. The summed E-state index contributed by atoms with van der Waals surface area (Å²) in [7, 11) is 0. The van der Waals surface area contributed by atoms with Crippen LogP contribution in [0.15, 0.2) is 17.5 Å². The van der Waals surface area contributed by atoms with Crippen LogP contribution in [-0.2, 0) is 4.74 Å². The number of carbonyl (C=O) groups is 1. The van der Waals surface area contributed by atoms with E-state index in [1.54, 1.807) is 11.3 Å². The van der Waals surface area contributed by atoms with Crippen molar-refractivity contribution in [3.8, 4) is 0 Å². The van der Waals surface area contributed by atoms with Crippen molar-refractivity contribution in [1.82, 2.24) is 10.6 Å². The number of hydrogen-bond acceptors (Lipinski definition) is 4. The lowest BCUT2D eigenvalue weighted by Crippen LogP contribution is -2.46. The second kappa shape index (κ2) is 8.15. The molecule has 1 fully saturated rings. The zero-order valence-electron chi connectivity index (χ0n) is 14.7. The first-order valence-electron chi connectivity index (χ1n) is 8.61. The van der Waals surface area contributed by atoms with Gasteiger partial charge in [0.1, 0.15) is 5.60 Å². The molecule has 0 bridgehead atoms. The molecule has 4 nitrogen and oxygen atoms in total. The van der Waals surface area contributed by atoms with Crippen molar-refractivity contribution >= 4 is 17.4 Å². The van der Waals surface area contributed by atoms with Crippen LogP contribution in [0, 0.1) is 5.92 Å². The van der Waals surface area contributed by atoms with E-state index in [2.05, 4.69) is 35.1 Å². The van der Waals surface area contributed by atoms with Gasteiger partial charge in [0.15, 0.2) is 0 Å². The molecular formula is C18H30N2O2S. The predicted octanol–water partition coefficient (Wildman–Crippen LogP) is 4.48. The summed E-state index contributed by atoms with van der Waals surface area (Å²) in [6.45, 7) is 8.48. The van der Waals surface area contributed by atoms with Crippen molar-refractivity contribution < 1.29 is 9.53 Å². The van der Waals surface area contributed by atoms with Crippen molar-refractivity contribution in [2.75, 3.05) is 6.54 Å². The van der Waals surface area contributed by atoms with E-state index in [9.17, 15) is 4.79 Å². The minimum Gasteiger partial charge on any atom is -0.444 e. The van der Waals surface area contributed by atoms with Crippen LogP contribution in [0.2, 0.25) is 0 Å². The Hall–Kier alpha value is -1.07. The van der Waals surface area contributed by atoms with E-state index >= 15 is 0 Å². The topological polar surface area (TPSA) is 50.4 Å². The van der Waals surface area contributed by atoms with E-state index in [4.69, 9.17) is 4.74 Å². The molecule has 2 unspecified atom stereocenters. The highest BCUT2D eigenvalue weighted by Gasteiger charge is 2.27. The number of nitrogens with one attached hydrogen (secondary N) is 2. The first-order chi connectivity index (χ1) is 10.8. The molecule has 130 valence electrons. The van der Waals surface area contributed by atoms with Gasteiger partial charge < -0.3 is 15.4 Å². The standard InChI is InChI=1S/C18H30N2O2S/c1-13(16-10-7-11-23-16)20-15(14-8-5-6-9-14)12-19-17(21)22-18(2,3)4/h7,10-11,13-15,20H,5-6,8-9,12H2,1-4H3,(H,19,21). The molecule has 2 N–H and O–H groups in total. The molecule has 2 atom stereocenters. The summed E-state index contributed by atoms with van der Waals surface area (Å²) in [4.78, 5) is 13.3. The summed E-state index contributed by atoms with van der Waals surface area (Å²) in [5.74, 6) is 0.632. The fraction of sp³-hybridized carbons (Fsp3) is 0.722. The summed E-state index contributed by atoms with van der Waals surface area (Å²) < 4.78 is 5.35. The predicted molar refractivity (Wildman–Crippen MR) is 95.9 cm³/mol. The van der Waals surface area contributed by atoms with Crippen molar-refractivity contribution in [2.45, 2.75) is 71.1 Å². The van der Waals surface area contributed by atoms with E-state index in [1.807, 2.05) is 20.8 Å². The van der Waals surface area contributed by atoms with Gasteiger partial charge in [-0.2, -0.15) is 0 Å². The lowest BCUT2D eigenvalue weighted by Gasteiger charge is -2.29. The quantitative estimate of drug-likeness (QED) is 0.804.